The van der Waals surface area contributed by atoms with Gasteiger partial charge in [0.15, 0.2) is 0 Å². The van der Waals surface area contributed by atoms with Crippen LogP contribution in [0.1, 0.15) is 19.3 Å². The van der Waals surface area contributed by atoms with Crippen LogP contribution in [-0.2, 0) is 4.79 Å². The Bertz CT molecular complexity index is 850. The van der Waals surface area contributed by atoms with E-state index < -0.39 is 0 Å². The molecule has 1 atom stereocenters. The predicted octanol–water partition coefficient (Wildman–Crippen LogP) is 4.29. The minimum Gasteiger partial charge on any atom is -0.325 e. The van der Waals surface area contributed by atoms with Crippen molar-refractivity contribution in [3.05, 3.63) is 48.5 Å². The van der Waals surface area contributed by atoms with Gasteiger partial charge in [-0.2, -0.15) is 0 Å². The van der Waals surface area contributed by atoms with Gasteiger partial charge < -0.3 is 10.6 Å². The van der Waals surface area contributed by atoms with Gasteiger partial charge in [-0.15, -0.1) is 11.3 Å². The molecule has 4 rings (SSSR count). The highest BCUT2D eigenvalue weighted by molar-refractivity contribution is 7.21. The van der Waals surface area contributed by atoms with Crippen molar-refractivity contribution < 1.29 is 4.79 Å². The standard InChI is InChI=1S/C20H21N3OS/c24-19(10-9-14-11-12-21-13-14)22-16-6-2-1-5-15(16)20-23-17-7-3-4-8-18(17)25-20/h1-8,14,21H,9-13H2,(H,22,24). The van der Waals surface area contributed by atoms with Crippen LogP contribution < -0.4 is 10.6 Å². The second kappa shape index (κ2) is 7.33. The van der Waals surface area contributed by atoms with Crippen molar-refractivity contribution in [2.45, 2.75) is 19.3 Å². The van der Waals surface area contributed by atoms with E-state index >= 15 is 0 Å². The Morgan fingerprint density at radius 2 is 2.04 bits per heavy atom. The first kappa shape index (κ1) is 16.2. The minimum atomic E-state index is 0.0838. The molecule has 0 bridgehead atoms. The molecule has 1 saturated heterocycles. The van der Waals surface area contributed by atoms with Crippen molar-refractivity contribution in [3.8, 4) is 10.6 Å². The zero-order valence-corrected chi connectivity index (χ0v) is 14.8. The molecule has 0 spiro atoms. The van der Waals surface area contributed by atoms with Gasteiger partial charge in [-0.1, -0.05) is 24.3 Å². The number of nitrogens with zero attached hydrogens (tertiary/aromatic N) is 1. The molecule has 3 aromatic rings. The predicted molar refractivity (Wildman–Crippen MR) is 104 cm³/mol. The summed E-state index contributed by atoms with van der Waals surface area (Å²) >= 11 is 1.65. The van der Waals surface area contributed by atoms with Crippen LogP contribution in [0.2, 0.25) is 0 Å². The number of carbonyl (C=O) groups excluding carboxylic acids is 1. The number of aromatic nitrogens is 1. The Kier molecular flexibility index (Phi) is 4.76. The van der Waals surface area contributed by atoms with Gasteiger partial charge in [-0.3, -0.25) is 4.79 Å². The number of benzene rings is 2. The lowest BCUT2D eigenvalue weighted by Gasteiger charge is -2.11. The van der Waals surface area contributed by atoms with Crippen LogP contribution in [0.25, 0.3) is 20.8 Å². The van der Waals surface area contributed by atoms with Crippen LogP contribution in [0.15, 0.2) is 48.5 Å². The maximum Gasteiger partial charge on any atom is 0.224 e. The molecule has 1 aromatic heterocycles. The van der Waals surface area contributed by atoms with Crippen molar-refractivity contribution in [2.24, 2.45) is 5.92 Å². The average Bonchev–Trinajstić information content (AvgIpc) is 3.30. The van der Waals surface area contributed by atoms with Crippen LogP contribution in [0.3, 0.4) is 0 Å². The van der Waals surface area contributed by atoms with E-state index in [2.05, 4.69) is 16.7 Å². The molecule has 4 nitrogen and oxygen atoms in total. The van der Waals surface area contributed by atoms with Gasteiger partial charge in [-0.05, 0) is 56.1 Å². The lowest BCUT2D eigenvalue weighted by atomic mass is 10.0. The van der Waals surface area contributed by atoms with Gasteiger partial charge >= 0.3 is 0 Å². The highest BCUT2D eigenvalue weighted by Crippen LogP contribution is 2.34. The van der Waals surface area contributed by atoms with E-state index in [0.717, 1.165) is 46.0 Å². The van der Waals surface area contributed by atoms with E-state index in [1.807, 2.05) is 42.5 Å². The van der Waals surface area contributed by atoms with E-state index in [9.17, 15) is 4.79 Å². The summed E-state index contributed by atoms with van der Waals surface area (Å²) in [6, 6.07) is 16.0. The third-order valence-electron chi connectivity index (χ3n) is 4.67. The Balaban J connectivity index is 1.51. The number of amides is 1. The van der Waals surface area contributed by atoms with E-state index in [-0.39, 0.29) is 5.91 Å². The van der Waals surface area contributed by atoms with Crippen LogP contribution in [-0.4, -0.2) is 24.0 Å². The molecule has 1 fully saturated rings. The molecular formula is C20H21N3OS. The Morgan fingerprint density at radius 3 is 2.88 bits per heavy atom. The molecular weight excluding hydrogens is 330 g/mol. The first-order chi connectivity index (χ1) is 12.3. The van der Waals surface area contributed by atoms with Gasteiger partial charge in [0.2, 0.25) is 5.91 Å². The van der Waals surface area contributed by atoms with Gasteiger partial charge in [0, 0.05) is 12.0 Å². The number of rotatable bonds is 5. The van der Waals surface area contributed by atoms with Crippen molar-refractivity contribution in [1.29, 1.82) is 0 Å². The molecule has 1 unspecified atom stereocenters. The molecule has 1 amide bonds. The quantitative estimate of drug-likeness (QED) is 0.721. The van der Waals surface area contributed by atoms with Gasteiger partial charge in [-0.25, -0.2) is 4.98 Å². The summed E-state index contributed by atoms with van der Waals surface area (Å²) in [4.78, 5) is 17.1. The lowest BCUT2D eigenvalue weighted by molar-refractivity contribution is -0.116. The third kappa shape index (κ3) is 3.72. The van der Waals surface area contributed by atoms with E-state index in [1.165, 1.54) is 6.42 Å². The van der Waals surface area contributed by atoms with Gasteiger partial charge in [0.05, 0.1) is 15.9 Å². The third-order valence-corrected chi connectivity index (χ3v) is 5.74. The van der Waals surface area contributed by atoms with Crippen molar-refractivity contribution in [1.82, 2.24) is 10.3 Å². The molecule has 0 aliphatic carbocycles. The average molecular weight is 351 g/mol. The fourth-order valence-corrected chi connectivity index (χ4v) is 4.28. The van der Waals surface area contributed by atoms with Crippen molar-refractivity contribution in [3.63, 3.8) is 0 Å². The van der Waals surface area contributed by atoms with Crippen LogP contribution in [0.4, 0.5) is 5.69 Å². The van der Waals surface area contributed by atoms with Crippen LogP contribution >= 0.6 is 11.3 Å². The molecule has 25 heavy (non-hydrogen) atoms. The summed E-state index contributed by atoms with van der Waals surface area (Å²) < 4.78 is 1.16. The first-order valence-electron chi connectivity index (χ1n) is 8.75. The monoisotopic (exact) mass is 351 g/mol. The maximum absolute atomic E-state index is 12.4. The largest absolute Gasteiger partial charge is 0.325 e. The number of thiazole rings is 1. The van der Waals surface area contributed by atoms with Crippen molar-refractivity contribution >= 4 is 33.1 Å². The summed E-state index contributed by atoms with van der Waals surface area (Å²) in [5.41, 5.74) is 2.83. The number of fused-ring (bicyclic) bond motifs is 1. The molecule has 1 aliphatic heterocycles. The molecule has 0 saturated carbocycles. The number of para-hydroxylation sites is 2. The Hall–Kier alpha value is -2.24. The first-order valence-corrected chi connectivity index (χ1v) is 9.57. The summed E-state index contributed by atoms with van der Waals surface area (Å²) in [6.07, 6.45) is 2.69. The lowest BCUT2D eigenvalue weighted by Crippen LogP contribution is -2.15. The molecule has 0 radical (unpaired) electrons. The van der Waals surface area contributed by atoms with E-state index in [0.29, 0.717) is 12.3 Å². The number of hydrogen-bond donors (Lipinski definition) is 2. The summed E-state index contributed by atoms with van der Waals surface area (Å²) in [7, 11) is 0. The van der Waals surface area contributed by atoms with Crippen LogP contribution in [0, 0.1) is 5.92 Å². The Morgan fingerprint density at radius 1 is 1.20 bits per heavy atom. The topological polar surface area (TPSA) is 54.0 Å². The van der Waals surface area contributed by atoms with Crippen LogP contribution in [0.5, 0.6) is 0 Å². The molecule has 2 N–H and O–H groups in total. The summed E-state index contributed by atoms with van der Waals surface area (Å²) in [6.45, 7) is 2.11. The summed E-state index contributed by atoms with van der Waals surface area (Å²) in [5.74, 6) is 0.714. The van der Waals surface area contributed by atoms with Gasteiger partial charge in [0.25, 0.3) is 0 Å². The molecule has 5 heteroatoms. The second-order valence-corrected chi connectivity index (χ2v) is 7.51. The fraction of sp³-hybridized carbons (Fsp3) is 0.300. The number of carbonyl (C=O) groups is 1. The highest BCUT2D eigenvalue weighted by Gasteiger charge is 2.17. The highest BCUT2D eigenvalue weighted by atomic mass is 32.1. The maximum atomic E-state index is 12.4. The molecule has 128 valence electrons. The molecule has 2 heterocycles. The SMILES string of the molecule is O=C(CCC1CCNC1)Nc1ccccc1-c1nc2ccccc2s1. The van der Waals surface area contributed by atoms with E-state index in [1.54, 1.807) is 11.3 Å². The molecule has 2 aromatic carbocycles. The summed E-state index contributed by atoms with van der Waals surface area (Å²) in [5, 5.41) is 7.38. The van der Waals surface area contributed by atoms with E-state index in [4.69, 9.17) is 4.98 Å². The van der Waals surface area contributed by atoms with Crippen molar-refractivity contribution in [2.75, 3.05) is 18.4 Å². The molecule has 1 aliphatic rings. The fourth-order valence-electron chi connectivity index (χ4n) is 3.27. The van der Waals surface area contributed by atoms with Gasteiger partial charge in [0.1, 0.15) is 5.01 Å². The number of hydrogen-bond acceptors (Lipinski definition) is 4. The number of nitrogens with one attached hydrogen (secondary N) is 2. The zero-order valence-electron chi connectivity index (χ0n) is 14.0. The smallest absolute Gasteiger partial charge is 0.224 e. The Labute approximate surface area is 151 Å². The normalized spacial score (nSPS) is 17.0. The zero-order chi connectivity index (χ0) is 17.1. The minimum absolute atomic E-state index is 0.0838. The second-order valence-electron chi connectivity index (χ2n) is 6.48. The number of anilines is 1.